The smallest absolute Gasteiger partial charge is 0.167 e. The molecule has 0 bridgehead atoms. The normalized spacial score (nSPS) is 18.5. The van der Waals surface area contributed by atoms with Gasteiger partial charge in [-0.1, -0.05) is 60.7 Å². The lowest BCUT2D eigenvalue weighted by Crippen LogP contribution is -2.17. The molecule has 1 aromatic heterocycles. The Morgan fingerprint density at radius 3 is 2.50 bits per heavy atom. The zero-order valence-corrected chi connectivity index (χ0v) is 14.6. The van der Waals surface area contributed by atoms with E-state index < -0.39 is 0 Å². The topological polar surface area (TPSA) is 42.0 Å². The molecule has 2 aromatic carbocycles. The first-order chi connectivity index (χ1) is 12.8. The van der Waals surface area contributed by atoms with Gasteiger partial charge in [0.1, 0.15) is 0 Å². The van der Waals surface area contributed by atoms with Gasteiger partial charge >= 0.3 is 0 Å². The van der Waals surface area contributed by atoms with Gasteiger partial charge in [0.2, 0.25) is 0 Å². The van der Waals surface area contributed by atoms with Crippen LogP contribution in [-0.4, -0.2) is 16.8 Å². The number of carbonyl (C=O) groups is 1. The highest BCUT2D eigenvalue weighted by atomic mass is 16.1. The standard InChI is InChI=1S/C23H22N2O/c26-23(20-6-2-1-3-7-20)13-17-8-10-19(11-9-17)21-14-22(21)25-16-18-5-4-12-24-15-18/h1-12,15,21-22,25H,13-14,16H2. The molecule has 26 heavy (non-hydrogen) atoms. The van der Waals surface area contributed by atoms with Gasteiger partial charge in [0.05, 0.1) is 0 Å². The molecule has 0 radical (unpaired) electrons. The van der Waals surface area contributed by atoms with Crippen molar-refractivity contribution in [1.82, 2.24) is 10.3 Å². The van der Waals surface area contributed by atoms with Gasteiger partial charge in [0.15, 0.2) is 5.78 Å². The lowest BCUT2D eigenvalue weighted by molar-refractivity contribution is 0.0993. The Labute approximate surface area is 154 Å². The van der Waals surface area contributed by atoms with Crippen molar-refractivity contribution < 1.29 is 4.79 Å². The van der Waals surface area contributed by atoms with Crippen molar-refractivity contribution in [3.05, 3.63) is 101 Å². The second-order valence-corrected chi connectivity index (χ2v) is 6.90. The Hall–Kier alpha value is -2.78. The quantitative estimate of drug-likeness (QED) is 0.656. The van der Waals surface area contributed by atoms with E-state index in [-0.39, 0.29) is 5.78 Å². The summed E-state index contributed by atoms with van der Waals surface area (Å²) in [5.41, 5.74) is 4.42. The third-order valence-electron chi connectivity index (χ3n) is 4.95. The van der Waals surface area contributed by atoms with Crippen molar-refractivity contribution in [1.29, 1.82) is 0 Å². The molecule has 130 valence electrons. The fourth-order valence-electron chi connectivity index (χ4n) is 3.33. The van der Waals surface area contributed by atoms with Crippen LogP contribution in [0.15, 0.2) is 79.1 Å². The molecule has 1 aliphatic carbocycles. The second-order valence-electron chi connectivity index (χ2n) is 6.90. The summed E-state index contributed by atoms with van der Waals surface area (Å²) < 4.78 is 0. The Kier molecular flexibility index (Phi) is 4.89. The van der Waals surface area contributed by atoms with E-state index in [1.807, 2.05) is 42.6 Å². The monoisotopic (exact) mass is 342 g/mol. The van der Waals surface area contributed by atoms with Gasteiger partial charge in [0, 0.05) is 42.9 Å². The number of nitrogens with zero attached hydrogens (tertiary/aromatic N) is 1. The van der Waals surface area contributed by atoms with Gasteiger partial charge in [-0.2, -0.15) is 0 Å². The van der Waals surface area contributed by atoms with E-state index in [4.69, 9.17) is 0 Å². The van der Waals surface area contributed by atoms with Crippen LogP contribution in [0, 0.1) is 0 Å². The number of carbonyl (C=O) groups excluding carboxylic acids is 1. The Morgan fingerprint density at radius 1 is 0.962 bits per heavy atom. The number of benzene rings is 2. The molecule has 1 aliphatic rings. The molecule has 1 N–H and O–H groups in total. The summed E-state index contributed by atoms with van der Waals surface area (Å²) in [4.78, 5) is 16.4. The predicted octanol–water partition coefficient (Wildman–Crippen LogP) is 4.15. The average molecular weight is 342 g/mol. The van der Waals surface area contributed by atoms with Crippen LogP contribution in [0.1, 0.15) is 39.4 Å². The number of pyridine rings is 1. The zero-order valence-electron chi connectivity index (χ0n) is 14.6. The van der Waals surface area contributed by atoms with Gasteiger partial charge in [0.25, 0.3) is 0 Å². The molecule has 3 aromatic rings. The van der Waals surface area contributed by atoms with Gasteiger partial charge in [-0.3, -0.25) is 9.78 Å². The molecule has 1 fully saturated rings. The molecule has 2 unspecified atom stereocenters. The minimum Gasteiger partial charge on any atom is -0.309 e. The maximum atomic E-state index is 12.3. The molecule has 3 heteroatoms. The average Bonchev–Trinajstić information content (AvgIpc) is 3.48. The lowest BCUT2D eigenvalue weighted by Gasteiger charge is -2.06. The van der Waals surface area contributed by atoms with Gasteiger partial charge in [-0.15, -0.1) is 0 Å². The predicted molar refractivity (Wildman–Crippen MR) is 103 cm³/mol. The summed E-state index contributed by atoms with van der Waals surface area (Å²) in [7, 11) is 0. The maximum absolute atomic E-state index is 12.3. The van der Waals surface area contributed by atoms with Crippen LogP contribution in [0.4, 0.5) is 0 Å². The molecule has 0 spiro atoms. The van der Waals surface area contributed by atoms with Crippen LogP contribution >= 0.6 is 0 Å². The Morgan fingerprint density at radius 2 is 1.77 bits per heavy atom. The Bertz CT molecular complexity index is 860. The van der Waals surface area contributed by atoms with Crippen molar-refractivity contribution >= 4 is 5.78 Å². The minimum absolute atomic E-state index is 0.167. The summed E-state index contributed by atoms with van der Waals surface area (Å²) >= 11 is 0. The SMILES string of the molecule is O=C(Cc1ccc(C2CC2NCc2cccnc2)cc1)c1ccccc1. The highest BCUT2D eigenvalue weighted by molar-refractivity contribution is 5.97. The van der Waals surface area contributed by atoms with Crippen LogP contribution in [-0.2, 0) is 13.0 Å². The molecule has 0 saturated heterocycles. The number of aromatic nitrogens is 1. The van der Waals surface area contributed by atoms with Crippen molar-refractivity contribution in [2.24, 2.45) is 0 Å². The van der Waals surface area contributed by atoms with Gasteiger partial charge in [-0.05, 0) is 29.2 Å². The van der Waals surface area contributed by atoms with E-state index in [0.29, 0.717) is 18.4 Å². The third kappa shape index (κ3) is 4.06. The summed E-state index contributed by atoms with van der Waals surface area (Å²) in [6.45, 7) is 0.860. The first-order valence-electron chi connectivity index (χ1n) is 9.09. The first kappa shape index (κ1) is 16.7. The Balaban J connectivity index is 1.30. The summed E-state index contributed by atoms with van der Waals surface area (Å²) in [6.07, 6.45) is 5.33. The number of ketones is 1. The number of rotatable bonds is 7. The van der Waals surface area contributed by atoms with Gasteiger partial charge < -0.3 is 5.32 Å². The fourth-order valence-corrected chi connectivity index (χ4v) is 3.33. The van der Waals surface area contributed by atoms with Crippen molar-refractivity contribution in [3.63, 3.8) is 0 Å². The van der Waals surface area contributed by atoms with Crippen LogP contribution in [0.3, 0.4) is 0 Å². The number of nitrogens with one attached hydrogen (secondary N) is 1. The van der Waals surface area contributed by atoms with E-state index >= 15 is 0 Å². The van der Waals surface area contributed by atoms with Crippen LogP contribution < -0.4 is 5.32 Å². The maximum Gasteiger partial charge on any atom is 0.167 e. The van der Waals surface area contributed by atoms with Crippen LogP contribution in [0.25, 0.3) is 0 Å². The summed E-state index contributed by atoms with van der Waals surface area (Å²) in [6, 6.07) is 22.6. The molecular formula is C23H22N2O. The first-order valence-corrected chi connectivity index (χ1v) is 9.09. The van der Waals surface area contributed by atoms with Crippen LogP contribution in [0.2, 0.25) is 0 Å². The molecule has 1 saturated carbocycles. The summed E-state index contributed by atoms with van der Waals surface area (Å²) in [5, 5.41) is 3.60. The number of hydrogen-bond acceptors (Lipinski definition) is 3. The van der Waals surface area contributed by atoms with E-state index in [0.717, 1.165) is 17.7 Å². The summed E-state index contributed by atoms with van der Waals surface area (Å²) in [5.74, 6) is 0.742. The van der Waals surface area contributed by atoms with E-state index in [1.165, 1.54) is 17.5 Å². The third-order valence-corrected chi connectivity index (χ3v) is 4.95. The van der Waals surface area contributed by atoms with Gasteiger partial charge in [-0.25, -0.2) is 0 Å². The molecule has 0 amide bonds. The van der Waals surface area contributed by atoms with Crippen molar-refractivity contribution in [2.75, 3.05) is 0 Å². The van der Waals surface area contributed by atoms with Crippen LogP contribution in [0.5, 0.6) is 0 Å². The molecular weight excluding hydrogens is 320 g/mol. The minimum atomic E-state index is 0.167. The number of Topliss-reactive ketones (excluding diaryl/α,β-unsaturated/α-hetero) is 1. The molecule has 1 heterocycles. The number of hydrogen-bond donors (Lipinski definition) is 1. The van der Waals surface area contributed by atoms with E-state index in [9.17, 15) is 4.79 Å². The van der Waals surface area contributed by atoms with Crippen molar-refractivity contribution in [2.45, 2.75) is 31.3 Å². The van der Waals surface area contributed by atoms with E-state index in [1.54, 1.807) is 6.20 Å². The highest BCUT2D eigenvalue weighted by Gasteiger charge is 2.37. The molecule has 3 nitrogen and oxygen atoms in total. The van der Waals surface area contributed by atoms with Crippen molar-refractivity contribution in [3.8, 4) is 0 Å². The lowest BCUT2D eigenvalue weighted by atomic mass is 10.0. The van der Waals surface area contributed by atoms with E-state index in [2.05, 4.69) is 40.6 Å². The fraction of sp³-hybridized carbons (Fsp3) is 0.217. The molecule has 2 atom stereocenters. The largest absolute Gasteiger partial charge is 0.309 e. The zero-order chi connectivity index (χ0) is 17.8. The highest BCUT2D eigenvalue weighted by Crippen LogP contribution is 2.41. The molecule has 0 aliphatic heterocycles. The molecule has 4 rings (SSSR count). The second kappa shape index (κ2) is 7.63.